The van der Waals surface area contributed by atoms with Crippen molar-refractivity contribution in [1.82, 2.24) is 0 Å². The quantitative estimate of drug-likeness (QED) is 0.586. The Hall–Kier alpha value is -0.860. The summed E-state index contributed by atoms with van der Waals surface area (Å²) in [5.41, 5.74) is 0. The van der Waals surface area contributed by atoms with E-state index in [0.717, 1.165) is 46.0 Å². The Labute approximate surface area is 165 Å². The van der Waals surface area contributed by atoms with Gasteiger partial charge in [-0.3, -0.25) is 0 Å². The topological polar surface area (TPSA) is 0 Å². The first kappa shape index (κ1) is 16.1. The third-order valence-corrected chi connectivity index (χ3v) is 10.8. The third-order valence-electron chi connectivity index (χ3n) is 7.81. The van der Waals surface area contributed by atoms with Gasteiger partial charge in [0.25, 0.3) is 0 Å². The van der Waals surface area contributed by atoms with Gasteiger partial charge in [0, 0.05) is 20.3 Å². The standard InChI is InChI=1S/C24H26S2/c1-3-7-15(8-4-1)25-23-17-11-13-19-21(17)22-18(23)12-14-20(22)24(19)26-16-9-5-2-6-10-16/h1-10,17-24H,11-14H2/t17-,18-,19+,20+,21?,22?,23?,24?. The van der Waals surface area contributed by atoms with E-state index in [4.69, 9.17) is 0 Å². The Balaban J connectivity index is 1.27. The van der Waals surface area contributed by atoms with Gasteiger partial charge in [-0.15, -0.1) is 23.5 Å². The highest BCUT2D eigenvalue weighted by Gasteiger charge is 2.67. The number of hydrogen-bond acceptors (Lipinski definition) is 2. The van der Waals surface area contributed by atoms with E-state index in [1.165, 1.54) is 35.5 Å². The summed E-state index contributed by atoms with van der Waals surface area (Å²) in [5.74, 6) is 6.03. The van der Waals surface area contributed by atoms with Crippen LogP contribution in [0.5, 0.6) is 0 Å². The molecule has 4 aliphatic carbocycles. The molecule has 26 heavy (non-hydrogen) atoms. The number of rotatable bonds is 4. The minimum Gasteiger partial charge on any atom is -0.122 e. The van der Waals surface area contributed by atoms with Crippen molar-refractivity contribution in [2.75, 3.05) is 0 Å². The first-order valence-corrected chi connectivity index (χ1v) is 12.1. The van der Waals surface area contributed by atoms with Gasteiger partial charge in [-0.05, 0) is 85.5 Å². The summed E-state index contributed by atoms with van der Waals surface area (Å²) in [7, 11) is 0. The Morgan fingerprint density at radius 3 is 1.19 bits per heavy atom. The molecule has 0 heterocycles. The molecule has 0 bridgehead atoms. The molecule has 2 aromatic carbocycles. The summed E-state index contributed by atoms with van der Waals surface area (Å²) in [5, 5.41) is 1.79. The van der Waals surface area contributed by atoms with E-state index in [2.05, 4.69) is 84.2 Å². The zero-order chi connectivity index (χ0) is 17.1. The molecular formula is C24H26S2. The van der Waals surface area contributed by atoms with Gasteiger partial charge in [-0.25, -0.2) is 0 Å². The molecule has 2 heteroatoms. The van der Waals surface area contributed by atoms with Gasteiger partial charge in [0.1, 0.15) is 0 Å². The Morgan fingerprint density at radius 2 is 0.846 bits per heavy atom. The maximum Gasteiger partial charge on any atom is 0.0157 e. The van der Waals surface area contributed by atoms with Crippen LogP contribution < -0.4 is 0 Å². The molecule has 0 spiro atoms. The lowest BCUT2D eigenvalue weighted by molar-refractivity contribution is 0.322. The van der Waals surface area contributed by atoms with E-state index in [9.17, 15) is 0 Å². The van der Waals surface area contributed by atoms with Crippen LogP contribution in [-0.4, -0.2) is 10.5 Å². The van der Waals surface area contributed by atoms with E-state index < -0.39 is 0 Å². The minimum absolute atomic E-state index is 0.894. The molecule has 2 aromatic rings. The van der Waals surface area contributed by atoms with Crippen molar-refractivity contribution >= 4 is 23.5 Å². The van der Waals surface area contributed by atoms with E-state index in [-0.39, 0.29) is 0 Å². The van der Waals surface area contributed by atoms with Crippen LogP contribution in [0.15, 0.2) is 70.5 Å². The third kappa shape index (κ3) is 2.37. The monoisotopic (exact) mass is 378 g/mol. The normalized spacial score (nSPS) is 42.3. The molecule has 0 aliphatic heterocycles. The van der Waals surface area contributed by atoms with Gasteiger partial charge in [-0.2, -0.15) is 0 Å². The molecule has 4 aliphatic rings. The summed E-state index contributed by atoms with van der Waals surface area (Å²) >= 11 is 4.45. The van der Waals surface area contributed by atoms with Crippen LogP contribution in [0.1, 0.15) is 25.7 Å². The van der Waals surface area contributed by atoms with E-state index in [1.807, 2.05) is 0 Å². The highest BCUT2D eigenvalue weighted by Crippen LogP contribution is 2.72. The molecule has 0 aromatic heterocycles. The molecule has 6 atom stereocenters. The van der Waals surface area contributed by atoms with Crippen LogP contribution >= 0.6 is 23.5 Å². The summed E-state index contributed by atoms with van der Waals surface area (Å²) in [6.45, 7) is 0. The fourth-order valence-corrected chi connectivity index (χ4v) is 10.4. The van der Waals surface area contributed by atoms with Gasteiger partial charge in [0.15, 0.2) is 0 Å². The van der Waals surface area contributed by atoms with Crippen LogP contribution in [0.2, 0.25) is 0 Å². The first-order valence-electron chi connectivity index (χ1n) is 10.3. The van der Waals surface area contributed by atoms with E-state index in [0.29, 0.717) is 0 Å². The molecule has 0 amide bonds. The first-order chi connectivity index (χ1) is 12.9. The lowest BCUT2D eigenvalue weighted by atomic mass is 9.90. The van der Waals surface area contributed by atoms with Crippen molar-refractivity contribution < 1.29 is 0 Å². The van der Waals surface area contributed by atoms with Crippen LogP contribution in [0, 0.1) is 35.5 Å². The molecule has 0 saturated heterocycles. The second-order valence-electron chi connectivity index (χ2n) is 8.76. The number of benzene rings is 2. The maximum absolute atomic E-state index is 2.33. The van der Waals surface area contributed by atoms with Gasteiger partial charge in [-0.1, -0.05) is 36.4 Å². The molecule has 0 nitrogen and oxygen atoms in total. The molecule has 0 N–H and O–H groups in total. The van der Waals surface area contributed by atoms with Crippen molar-refractivity contribution in [3.05, 3.63) is 60.7 Å². The molecule has 6 rings (SSSR count). The molecule has 0 radical (unpaired) electrons. The van der Waals surface area contributed by atoms with E-state index in [1.54, 1.807) is 0 Å². The average molecular weight is 379 g/mol. The summed E-state index contributed by atoms with van der Waals surface area (Å²) in [6.07, 6.45) is 5.97. The summed E-state index contributed by atoms with van der Waals surface area (Å²) in [4.78, 5) is 3.00. The maximum atomic E-state index is 2.33. The highest BCUT2D eigenvalue weighted by atomic mass is 32.2. The predicted octanol–water partition coefficient (Wildman–Crippen LogP) is 6.62. The van der Waals surface area contributed by atoms with Crippen LogP contribution in [0.25, 0.3) is 0 Å². The fraction of sp³-hybridized carbons (Fsp3) is 0.500. The zero-order valence-electron chi connectivity index (χ0n) is 15.0. The van der Waals surface area contributed by atoms with E-state index >= 15 is 0 Å². The second-order valence-corrected chi connectivity index (χ2v) is 11.3. The lowest BCUT2D eigenvalue weighted by Gasteiger charge is -2.24. The molecule has 2 unspecified atom stereocenters. The van der Waals surface area contributed by atoms with Crippen molar-refractivity contribution in [3.63, 3.8) is 0 Å². The van der Waals surface area contributed by atoms with Crippen molar-refractivity contribution in [2.45, 2.75) is 46.0 Å². The van der Waals surface area contributed by atoms with Crippen molar-refractivity contribution in [1.29, 1.82) is 0 Å². The molecule has 4 fully saturated rings. The van der Waals surface area contributed by atoms with Crippen LogP contribution in [-0.2, 0) is 0 Å². The number of hydrogen-bond donors (Lipinski definition) is 0. The van der Waals surface area contributed by atoms with Crippen LogP contribution in [0.3, 0.4) is 0 Å². The fourth-order valence-electron chi connectivity index (χ4n) is 7.15. The summed E-state index contributed by atoms with van der Waals surface area (Å²) < 4.78 is 0. The van der Waals surface area contributed by atoms with Crippen LogP contribution in [0.4, 0.5) is 0 Å². The van der Waals surface area contributed by atoms with Gasteiger partial charge in [0.2, 0.25) is 0 Å². The Bertz CT molecular complexity index is 682. The largest absolute Gasteiger partial charge is 0.122 e. The van der Waals surface area contributed by atoms with Crippen molar-refractivity contribution in [3.8, 4) is 0 Å². The SMILES string of the molecule is c1ccc(SC2[C@H]3CC[C@H]4C(Sc5ccccc5)[C@@H]5CC[C@H]2C5C34)cc1. The van der Waals surface area contributed by atoms with Gasteiger partial charge >= 0.3 is 0 Å². The zero-order valence-corrected chi connectivity index (χ0v) is 16.7. The Kier molecular flexibility index (Phi) is 3.93. The lowest BCUT2D eigenvalue weighted by Crippen LogP contribution is -2.20. The predicted molar refractivity (Wildman–Crippen MR) is 112 cm³/mol. The second kappa shape index (κ2) is 6.34. The van der Waals surface area contributed by atoms with Gasteiger partial charge < -0.3 is 0 Å². The average Bonchev–Trinajstić information content (AvgIpc) is 3.40. The van der Waals surface area contributed by atoms with Crippen molar-refractivity contribution in [2.24, 2.45) is 35.5 Å². The molecule has 134 valence electrons. The number of thioether (sulfide) groups is 2. The molecular weight excluding hydrogens is 352 g/mol. The van der Waals surface area contributed by atoms with Gasteiger partial charge in [0.05, 0.1) is 0 Å². The Morgan fingerprint density at radius 1 is 0.500 bits per heavy atom. The minimum atomic E-state index is 0.894. The molecule has 4 saturated carbocycles. The summed E-state index contributed by atoms with van der Waals surface area (Å²) in [6, 6.07) is 22.4. The smallest absolute Gasteiger partial charge is 0.0157 e. The highest BCUT2D eigenvalue weighted by molar-refractivity contribution is 8.00.